The van der Waals surface area contributed by atoms with E-state index in [-0.39, 0.29) is 5.78 Å². The average molecular weight is 168 g/mol. The van der Waals surface area contributed by atoms with Crippen LogP contribution in [-0.2, 0) is 0 Å². The summed E-state index contributed by atoms with van der Waals surface area (Å²) >= 11 is 1.49. The molecule has 0 aliphatic heterocycles. The quantitative estimate of drug-likeness (QED) is 0.632. The Hall–Kier alpha value is -0.900. The lowest BCUT2D eigenvalue weighted by Gasteiger charge is -1.94. The standard InChI is InChI=1S/C7H8N2OS/c1-11-5-7(10)6-4-8-2-3-9-6/h2-4H,5H2,1H3. The number of thioether (sulfide) groups is 1. The fraction of sp³-hybridized carbons (Fsp3) is 0.286. The number of ketones is 1. The number of carbonyl (C=O) groups excluding carboxylic acids is 1. The van der Waals surface area contributed by atoms with Crippen molar-refractivity contribution in [3.63, 3.8) is 0 Å². The number of carbonyl (C=O) groups is 1. The molecule has 1 aromatic rings. The van der Waals surface area contributed by atoms with Crippen molar-refractivity contribution in [2.75, 3.05) is 12.0 Å². The summed E-state index contributed by atoms with van der Waals surface area (Å²) in [6.07, 6.45) is 6.44. The Balaban J connectivity index is 2.69. The third-order valence-corrected chi connectivity index (χ3v) is 1.68. The van der Waals surface area contributed by atoms with Crippen LogP contribution in [0, 0.1) is 0 Å². The van der Waals surface area contributed by atoms with Crippen LogP contribution in [0.4, 0.5) is 0 Å². The number of hydrogen-bond donors (Lipinski definition) is 0. The summed E-state index contributed by atoms with van der Waals surface area (Å²) in [6.45, 7) is 0. The number of hydrogen-bond acceptors (Lipinski definition) is 4. The molecule has 0 fully saturated rings. The van der Waals surface area contributed by atoms with Crippen LogP contribution in [0.2, 0.25) is 0 Å². The SMILES string of the molecule is CSCC(=O)c1cnccn1. The van der Waals surface area contributed by atoms with Gasteiger partial charge in [0.2, 0.25) is 0 Å². The monoisotopic (exact) mass is 168 g/mol. The van der Waals surface area contributed by atoms with E-state index in [1.807, 2.05) is 6.26 Å². The first-order valence-electron chi connectivity index (χ1n) is 3.12. The van der Waals surface area contributed by atoms with Crippen molar-refractivity contribution >= 4 is 17.5 Å². The second-order valence-corrected chi connectivity index (χ2v) is 2.81. The van der Waals surface area contributed by atoms with Crippen molar-refractivity contribution in [1.29, 1.82) is 0 Å². The highest BCUT2D eigenvalue weighted by Gasteiger charge is 2.04. The van der Waals surface area contributed by atoms with E-state index < -0.39 is 0 Å². The highest BCUT2D eigenvalue weighted by molar-refractivity contribution is 7.99. The lowest BCUT2D eigenvalue weighted by molar-refractivity contribution is 0.101. The van der Waals surface area contributed by atoms with E-state index in [0.29, 0.717) is 11.4 Å². The first kappa shape index (κ1) is 8.20. The molecule has 0 amide bonds. The molecule has 11 heavy (non-hydrogen) atoms. The molecule has 0 unspecified atom stereocenters. The first-order chi connectivity index (χ1) is 5.34. The molecule has 4 heteroatoms. The smallest absolute Gasteiger partial charge is 0.192 e. The van der Waals surface area contributed by atoms with Crippen LogP contribution in [0.5, 0.6) is 0 Å². The van der Waals surface area contributed by atoms with Crippen molar-refractivity contribution < 1.29 is 4.79 Å². The van der Waals surface area contributed by atoms with Gasteiger partial charge in [-0.05, 0) is 6.26 Å². The Kier molecular flexibility index (Phi) is 3.04. The molecule has 0 radical (unpaired) electrons. The van der Waals surface area contributed by atoms with Gasteiger partial charge in [-0.1, -0.05) is 0 Å². The van der Waals surface area contributed by atoms with E-state index in [0.717, 1.165) is 0 Å². The molecule has 0 atom stereocenters. The molecule has 0 saturated carbocycles. The Morgan fingerprint density at radius 3 is 3.00 bits per heavy atom. The molecule has 0 aliphatic rings. The third-order valence-electron chi connectivity index (χ3n) is 1.12. The zero-order chi connectivity index (χ0) is 8.10. The van der Waals surface area contributed by atoms with Gasteiger partial charge in [-0.15, -0.1) is 0 Å². The predicted molar refractivity (Wildman–Crippen MR) is 44.7 cm³/mol. The van der Waals surface area contributed by atoms with E-state index in [1.165, 1.54) is 24.2 Å². The van der Waals surface area contributed by atoms with Crippen molar-refractivity contribution in [2.45, 2.75) is 0 Å². The fourth-order valence-corrected chi connectivity index (χ4v) is 1.06. The van der Waals surface area contributed by atoms with Gasteiger partial charge in [0, 0.05) is 12.4 Å². The molecular weight excluding hydrogens is 160 g/mol. The Bertz CT molecular complexity index is 237. The van der Waals surface area contributed by atoms with Gasteiger partial charge in [-0.25, -0.2) is 4.98 Å². The van der Waals surface area contributed by atoms with Crippen LogP contribution in [0.1, 0.15) is 10.5 Å². The van der Waals surface area contributed by atoms with Gasteiger partial charge in [0.1, 0.15) is 5.69 Å². The van der Waals surface area contributed by atoms with Crippen LogP contribution in [0.25, 0.3) is 0 Å². The molecule has 0 spiro atoms. The molecule has 0 aliphatic carbocycles. The minimum atomic E-state index is 0.0330. The fourth-order valence-electron chi connectivity index (χ4n) is 0.648. The summed E-state index contributed by atoms with van der Waals surface area (Å²) in [4.78, 5) is 18.8. The molecule has 0 bridgehead atoms. The molecular formula is C7H8N2OS. The lowest BCUT2D eigenvalue weighted by Crippen LogP contribution is -2.04. The molecule has 0 saturated heterocycles. The number of Topliss-reactive ketones (excluding diaryl/α,β-unsaturated/α-hetero) is 1. The maximum atomic E-state index is 11.1. The van der Waals surface area contributed by atoms with Crippen molar-refractivity contribution in [1.82, 2.24) is 9.97 Å². The van der Waals surface area contributed by atoms with E-state index >= 15 is 0 Å². The van der Waals surface area contributed by atoms with Gasteiger partial charge in [0.25, 0.3) is 0 Å². The third kappa shape index (κ3) is 2.31. The normalized spacial score (nSPS) is 9.55. The summed E-state index contributed by atoms with van der Waals surface area (Å²) < 4.78 is 0. The Morgan fingerprint density at radius 2 is 2.45 bits per heavy atom. The highest BCUT2D eigenvalue weighted by atomic mass is 32.2. The first-order valence-corrected chi connectivity index (χ1v) is 4.52. The van der Waals surface area contributed by atoms with E-state index in [9.17, 15) is 4.79 Å². The van der Waals surface area contributed by atoms with Crippen LogP contribution in [0.15, 0.2) is 18.6 Å². The van der Waals surface area contributed by atoms with Gasteiger partial charge in [-0.2, -0.15) is 11.8 Å². The van der Waals surface area contributed by atoms with Crippen LogP contribution >= 0.6 is 11.8 Å². The summed E-state index contributed by atoms with van der Waals surface area (Å²) in [5.41, 5.74) is 0.446. The maximum Gasteiger partial charge on any atom is 0.192 e. The molecule has 0 aromatic carbocycles. The summed E-state index contributed by atoms with van der Waals surface area (Å²) in [5.74, 6) is 0.504. The van der Waals surface area contributed by atoms with E-state index in [1.54, 1.807) is 6.20 Å². The van der Waals surface area contributed by atoms with Crippen molar-refractivity contribution in [2.24, 2.45) is 0 Å². The van der Waals surface area contributed by atoms with Gasteiger partial charge < -0.3 is 0 Å². The largest absolute Gasteiger partial charge is 0.291 e. The molecule has 1 rings (SSSR count). The van der Waals surface area contributed by atoms with Crippen LogP contribution < -0.4 is 0 Å². The number of aromatic nitrogens is 2. The number of nitrogens with zero attached hydrogens (tertiary/aromatic N) is 2. The average Bonchev–Trinajstić information content (AvgIpc) is 2.07. The highest BCUT2D eigenvalue weighted by Crippen LogP contribution is 1.99. The minimum absolute atomic E-state index is 0.0330. The topological polar surface area (TPSA) is 42.9 Å². The predicted octanol–water partition coefficient (Wildman–Crippen LogP) is 1.02. The zero-order valence-corrected chi connectivity index (χ0v) is 6.97. The molecule has 0 N–H and O–H groups in total. The second kappa shape index (κ2) is 4.08. The van der Waals surface area contributed by atoms with Crippen LogP contribution in [0.3, 0.4) is 0 Å². The molecule has 58 valence electrons. The summed E-state index contributed by atoms with van der Waals surface area (Å²) in [7, 11) is 0. The van der Waals surface area contributed by atoms with Gasteiger partial charge in [0.05, 0.1) is 11.9 Å². The van der Waals surface area contributed by atoms with Crippen LogP contribution in [-0.4, -0.2) is 27.8 Å². The second-order valence-electron chi connectivity index (χ2n) is 1.95. The van der Waals surface area contributed by atoms with Gasteiger partial charge >= 0.3 is 0 Å². The summed E-state index contributed by atoms with van der Waals surface area (Å²) in [5, 5.41) is 0. The molecule has 3 nitrogen and oxygen atoms in total. The Morgan fingerprint density at radius 1 is 1.64 bits per heavy atom. The number of rotatable bonds is 3. The molecule has 1 heterocycles. The van der Waals surface area contributed by atoms with E-state index in [2.05, 4.69) is 9.97 Å². The van der Waals surface area contributed by atoms with Crippen molar-refractivity contribution in [3.05, 3.63) is 24.3 Å². The zero-order valence-electron chi connectivity index (χ0n) is 6.15. The minimum Gasteiger partial charge on any atom is -0.291 e. The summed E-state index contributed by atoms with van der Waals surface area (Å²) in [6, 6.07) is 0. The molecule has 1 aromatic heterocycles. The van der Waals surface area contributed by atoms with Gasteiger partial charge in [-0.3, -0.25) is 9.78 Å². The van der Waals surface area contributed by atoms with Gasteiger partial charge in [0.15, 0.2) is 5.78 Å². The van der Waals surface area contributed by atoms with Crippen molar-refractivity contribution in [3.8, 4) is 0 Å². The van der Waals surface area contributed by atoms with E-state index in [4.69, 9.17) is 0 Å². The maximum absolute atomic E-state index is 11.1. The lowest BCUT2D eigenvalue weighted by atomic mass is 10.3. The Labute approximate surface area is 69.3 Å².